The molecule has 0 unspecified atom stereocenters. The van der Waals surface area contributed by atoms with Gasteiger partial charge in [0, 0.05) is 6.54 Å². The van der Waals surface area contributed by atoms with E-state index in [2.05, 4.69) is 0 Å². The predicted molar refractivity (Wildman–Crippen MR) is 79.6 cm³/mol. The summed E-state index contributed by atoms with van der Waals surface area (Å²) in [5.41, 5.74) is 6.16. The van der Waals surface area contributed by atoms with E-state index in [9.17, 15) is 18.8 Å². The highest BCUT2D eigenvalue weighted by molar-refractivity contribution is 6.03. The standard InChI is InChI=1S/C15H16FN3O4/c1-2-3-18-12(20)5-8-4-9(6-10(16)13(8)18)19-7-11(14(17)21)23-15(19)22/h4,6,11H,2-3,5,7H2,1H3,(H2,17,21)/t11-/m1/s1. The molecule has 1 fully saturated rings. The number of nitrogens with zero attached hydrogens (tertiary/aromatic N) is 2. The van der Waals surface area contributed by atoms with Gasteiger partial charge in [-0.2, -0.15) is 0 Å². The SMILES string of the molecule is CCCN1C(=O)Cc2cc(N3C[C@H](C(N)=O)OC3=O)cc(F)c21. The van der Waals surface area contributed by atoms with Gasteiger partial charge in [0.25, 0.3) is 5.91 Å². The van der Waals surface area contributed by atoms with Gasteiger partial charge in [0.05, 0.1) is 24.3 Å². The molecule has 0 bridgehead atoms. The van der Waals surface area contributed by atoms with Crippen LogP contribution < -0.4 is 15.5 Å². The normalized spacial score (nSPS) is 20.0. The molecule has 8 heteroatoms. The number of carbonyl (C=O) groups is 3. The van der Waals surface area contributed by atoms with E-state index in [4.69, 9.17) is 10.5 Å². The number of amides is 3. The first-order valence-electron chi connectivity index (χ1n) is 7.32. The summed E-state index contributed by atoms with van der Waals surface area (Å²) < 4.78 is 19.3. The lowest BCUT2D eigenvalue weighted by Gasteiger charge is -2.19. The molecular formula is C15H16FN3O4. The van der Waals surface area contributed by atoms with Crippen molar-refractivity contribution in [1.82, 2.24) is 0 Å². The zero-order valence-corrected chi connectivity index (χ0v) is 12.5. The van der Waals surface area contributed by atoms with Gasteiger partial charge in [0.1, 0.15) is 5.82 Å². The van der Waals surface area contributed by atoms with Crippen molar-refractivity contribution < 1.29 is 23.5 Å². The molecule has 1 aromatic carbocycles. The fourth-order valence-electron chi connectivity index (χ4n) is 2.90. The van der Waals surface area contributed by atoms with Crippen molar-refractivity contribution in [2.45, 2.75) is 25.9 Å². The molecule has 0 aliphatic carbocycles. The number of anilines is 2. The maximum absolute atomic E-state index is 14.5. The second-order valence-electron chi connectivity index (χ2n) is 5.54. The smallest absolute Gasteiger partial charge is 0.415 e. The molecule has 1 atom stereocenters. The second-order valence-corrected chi connectivity index (χ2v) is 5.54. The zero-order valence-electron chi connectivity index (χ0n) is 12.5. The minimum Gasteiger partial charge on any atom is -0.434 e. The van der Waals surface area contributed by atoms with Gasteiger partial charge in [-0.3, -0.25) is 14.5 Å². The number of cyclic esters (lactones) is 1. The number of fused-ring (bicyclic) bond motifs is 1. The highest BCUT2D eigenvalue weighted by Crippen LogP contribution is 2.36. The number of ether oxygens (including phenoxy) is 1. The minimum absolute atomic E-state index is 0.0704. The van der Waals surface area contributed by atoms with Crippen LogP contribution in [0.1, 0.15) is 18.9 Å². The van der Waals surface area contributed by atoms with Gasteiger partial charge in [-0.1, -0.05) is 6.92 Å². The maximum Gasteiger partial charge on any atom is 0.415 e. The van der Waals surface area contributed by atoms with E-state index in [0.717, 1.165) is 4.90 Å². The van der Waals surface area contributed by atoms with Gasteiger partial charge in [0.2, 0.25) is 5.91 Å². The fourth-order valence-corrected chi connectivity index (χ4v) is 2.90. The summed E-state index contributed by atoms with van der Waals surface area (Å²) in [5.74, 6) is -1.50. The Morgan fingerprint density at radius 2 is 2.17 bits per heavy atom. The molecule has 2 heterocycles. The molecule has 0 saturated carbocycles. The Morgan fingerprint density at radius 1 is 1.43 bits per heavy atom. The summed E-state index contributed by atoms with van der Waals surface area (Å²) in [6, 6.07) is 2.75. The molecule has 2 aliphatic heterocycles. The Balaban J connectivity index is 1.94. The lowest BCUT2D eigenvalue weighted by Crippen LogP contribution is -2.32. The Hall–Kier alpha value is -2.64. The molecule has 3 amide bonds. The van der Waals surface area contributed by atoms with E-state index < -0.39 is 23.9 Å². The third-order valence-corrected chi connectivity index (χ3v) is 3.93. The van der Waals surface area contributed by atoms with Crippen molar-refractivity contribution in [1.29, 1.82) is 0 Å². The molecular weight excluding hydrogens is 305 g/mol. The van der Waals surface area contributed by atoms with E-state index in [-0.39, 0.29) is 30.2 Å². The average Bonchev–Trinajstić information content (AvgIpc) is 3.01. The van der Waals surface area contributed by atoms with Gasteiger partial charge in [0.15, 0.2) is 6.10 Å². The summed E-state index contributed by atoms with van der Waals surface area (Å²) in [5, 5.41) is 0. The first-order chi connectivity index (χ1) is 10.9. The molecule has 0 radical (unpaired) electrons. The molecule has 1 aromatic rings. The van der Waals surface area contributed by atoms with Crippen LogP contribution in [0.2, 0.25) is 0 Å². The fraction of sp³-hybridized carbons (Fsp3) is 0.400. The average molecular weight is 321 g/mol. The van der Waals surface area contributed by atoms with Crippen LogP contribution in [0, 0.1) is 5.82 Å². The summed E-state index contributed by atoms with van der Waals surface area (Å²) in [6.45, 7) is 2.28. The van der Waals surface area contributed by atoms with Crippen molar-refractivity contribution in [2.24, 2.45) is 5.73 Å². The van der Waals surface area contributed by atoms with Crippen molar-refractivity contribution in [2.75, 3.05) is 22.9 Å². The first-order valence-corrected chi connectivity index (χ1v) is 7.32. The van der Waals surface area contributed by atoms with Crippen LogP contribution in [-0.4, -0.2) is 37.1 Å². The van der Waals surface area contributed by atoms with E-state index in [1.807, 2.05) is 6.92 Å². The lowest BCUT2D eigenvalue weighted by molar-refractivity contribution is -0.124. The Kier molecular flexibility index (Phi) is 3.67. The third kappa shape index (κ3) is 2.49. The number of primary amides is 1. The van der Waals surface area contributed by atoms with Crippen LogP contribution in [0.5, 0.6) is 0 Å². The quantitative estimate of drug-likeness (QED) is 0.893. The Morgan fingerprint density at radius 3 is 2.78 bits per heavy atom. The maximum atomic E-state index is 14.5. The molecule has 2 N–H and O–H groups in total. The van der Waals surface area contributed by atoms with Crippen molar-refractivity contribution in [3.8, 4) is 0 Å². The minimum atomic E-state index is -1.06. The molecule has 0 aromatic heterocycles. The van der Waals surface area contributed by atoms with E-state index in [1.165, 1.54) is 11.0 Å². The van der Waals surface area contributed by atoms with Crippen molar-refractivity contribution >= 4 is 29.3 Å². The molecule has 23 heavy (non-hydrogen) atoms. The van der Waals surface area contributed by atoms with Crippen molar-refractivity contribution in [3.63, 3.8) is 0 Å². The van der Waals surface area contributed by atoms with Crippen LogP contribution in [-0.2, 0) is 20.7 Å². The molecule has 7 nitrogen and oxygen atoms in total. The third-order valence-electron chi connectivity index (χ3n) is 3.93. The molecule has 1 saturated heterocycles. The number of benzene rings is 1. The van der Waals surface area contributed by atoms with E-state index >= 15 is 0 Å². The Labute approximate surface area is 131 Å². The number of hydrogen-bond acceptors (Lipinski definition) is 4. The van der Waals surface area contributed by atoms with Crippen LogP contribution in [0.15, 0.2) is 12.1 Å². The molecule has 0 spiro atoms. The topological polar surface area (TPSA) is 92.9 Å². The Bertz CT molecular complexity index is 706. The van der Waals surface area contributed by atoms with Crippen molar-refractivity contribution in [3.05, 3.63) is 23.5 Å². The van der Waals surface area contributed by atoms with Gasteiger partial charge < -0.3 is 15.4 Å². The van der Waals surface area contributed by atoms with Crippen LogP contribution >= 0.6 is 0 Å². The number of halogens is 1. The summed E-state index contributed by atoms with van der Waals surface area (Å²) in [4.78, 5) is 37.5. The van der Waals surface area contributed by atoms with Gasteiger partial charge in [-0.05, 0) is 24.1 Å². The van der Waals surface area contributed by atoms with Crippen LogP contribution in [0.3, 0.4) is 0 Å². The number of nitrogens with two attached hydrogens (primary N) is 1. The van der Waals surface area contributed by atoms with E-state index in [0.29, 0.717) is 18.5 Å². The summed E-state index contributed by atoms with van der Waals surface area (Å²) >= 11 is 0. The largest absolute Gasteiger partial charge is 0.434 e. The number of rotatable bonds is 4. The molecule has 3 rings (SSSR count). The van der Waals surface area contributed by atoms with E-state index in [1.54, 1.807) is 6.07 Å². The van der Waals surface area contributed by atoms with Gasteiger partial charge in [-0.25, -0.2) is 9.18 Å². The second kappa shape index (κ2) is 5.53. The number of carbonyl (C=O) groups excluding carboxylic acids is 3. The zero-order chi connectivity index (χ0) is 16.7. The highest BCUT2D eigenvalue weighted by Gasteiger charge is 2.38. The lowest BCUT2D eigenvalue weighted by atomic mass is 10.1. The predicted octanol–water partition coefficient (Wildman–Crippen LogP) is 0.935. The summed E-state index contributed by atoms with van der Waals surface area (Å²) in [7, 11) is 0. The summed E-state index contributed by atoms with van der Waals surface area (Å²) in [6.07, 6.45) is -1.02. The first kappa shape index (κ1) is 15.3. The molecule has 2 aliphatic rings. The monoisotopic (exact) mass is 321 g/mol. The van der Waals surface area contributed by atoms with Gasteiger partial charge in [-0.15, -0.1) is 0 Å². The van der Waals surface area contributed by atoms with Crippen LogP contribution in [0.25, 0.3) is 0 Å². The van der Waals surface area contributed by atoms with Gasteiger partial charge >= 0.3 is 6.09 Å². The number of hydrogen-bond donors (Lipinski definition) is 1. The molecule has 122 valence electrons. The highest BCUT2D eigenvalue weighted by atomic mass is 19.1. The van der Waals surface area contributed by atoms with Crippen LogP contribution in [0.4, 0.5) is 20.6 Å².